The van der Waals surface area contributed by atoms with Crippen LogP contribution in [0.25, 0.3) is 10.8 Å². The summed E-state index contributed by atoms with van der Waals surface area (Å²) in [4.78, 5) is 0. The molecule has 0 saturated carbocycles. The van der Waals surface area contributed by atoms with E-state index in [-0.39, 0.29) is 6.04 Å². The maximum Gasteiger partial charge on any atom is 0.120 e. The molecule has 2 rings (SSSR count). The fraction of sp³-hybridized carbons (Fsp3) is 0.286. The zero-order chi connectivity index (χ0) is 11.4. The molecule has 0 aromatic heterocycles. The molecule has 0 spiro atoms. The topological polar surface area (TPSA) is 35.2 Å². The van der Waals surface area contributed by atoms with Gasteiger partial charge < -0.3 is 10.5 Å². The third-order valence-corrected chi connectivity index (χ3v) is 2.71. The summed E-state index contributed by atoms with van der Waals surface area (Å²) in [5.74, 6) is 0.891. The van der Waals surface area contributed by atoms with E-state index < -0.39 is 0 Å². The first-order chi connectivity index (χ1) is 7.79. The Morgan fingerprint density at radius 3 is 2.62 bits per heavy atom. The fourth-order valence-corrected chi connectivity index (χ4v) is 1.58. The van der Waals surface area contributed by atoms with Gasteiger partial charge in [-0.2, -0.15) is 0 Å². The maximum atomic E-state index is 5.81. The Morgan fingerprint density at radius 1 is 1.12 bits per heavy atom. The Labute approximate surface area is 96.0 Å². The second-order valence-corrected chi connectivity index (χ2v) is 3.99. The molecule has 2 nitrogen and oxygen atoms in total. The lowest BCUT2D eigenvalue weighted by molar-refractivity contribution is 0.286. The molecular formula is C14H17NO. The van der Waals surface area contributed by atoms with Gasteiger partial charge in [0.15, 0.2) is 0 Å². The van der Waals surface area contributed by atoms with Crippen LogP contribution in [0.4, 0.5) is 0 Å². The van der Waals surface area contributed by atoms with Crippen LogP contribution in [0.3, 0.4) is 0 Å². The lowest BCUT2D eigenvalue weighted by Gasteiger charge is -2.11. The third-order valence-electron chi connectivity index (χ3n) is 2.71. The molecule has 0 fully saturated rings. The van der Waals surface area contributed by atoms with Crippen LogP contribution in [0, 0.1) is 0 Å². The molecule has 0 amide bonds. The SMILES string of the molecule is CCC(N)COc1ccc2ccccc2c1. The van der Waals surface area contributed by atoms with Gasteiger partial charge in [-0.25, -0.2) is 0 Å². The number of hydrogen-bond acceptors (Lipinski definition) is 2. The zero-order valence-electron chi connectivity index (χ0n) is 9.52. The molecule has 2 aromatic rings. The van der Waals surface area contributed by atoms with Gasteiger partial charge in [0.2, 0.25) is 0 Å². The average Bonchev–Trinajstić information content (AvgIpc) is 2.35. The standard InChI is InChI=1S/C14H17NO/c1-2-13(15)10-16-14-8-7-11-5-3-4-6-12(11)9-14/h3-9,13H,2,10,15H2,1H3. The third kappa shape index (κ3) is 2.52. The van der Waals surface area contributed by atoms with Gasteiger partial charge in [-0.15, -0.1) is 0 Å². The van der Waals surface area contributed by atoms with Gasteiger partial charge in [0.25, 0.3) is 0 Å². The largest absolute Gasteiger partial charge is 0.492 e. The fourth-order valence-electron chi connectivity index (χ4n) is 1.58. The second kappa shape index (κ2) is 4.99. The summed E-state index contributed by atoms with van der Waals surface area (Å²) in [7, 11) is 0. The first-order valence-corrected chi connectivity index (χ1v) is 5.67. The number of nitrogens with two attached hydrogens (primary N) is 1. The minimum Gasteiger partial charge on any atom is -0.492 e. The summed E-state index contributed by atoms with van der Waals surface area (Å²) >= 11 is 0. The molecule has 84 valence electrons. The first-order valence-electron chi connectivity index (χ1n) is 5.67. The molecule has 0 aliphatic carbocycles. The van der Waals surface area contributed by atoms with Crippen LogP contribution in [0.5, 0.6) is 5.75 Å². The summed E-state index contributed by atoms with van der Waals surface area (Å²) in [5, 5.41) is 2.43. The molecule has 0 aliphatic heterocycles. The molecule has 2 N–H and O–H groups in total. The number of ether oxygens (including phenoxy) is 1. The molecule has 1 atom stereocenters. The summed E-state index contributed by atoms with van der Waals surface area (Å²) in [6, 6.07) is 14.5. The molecule has 0 saturated heterocycles. The van der Waals surface area contributed by atoms with Gasteiger partial charge >= 0.3 is 0 Å². The number of rotatable bonds is 4. The molecule has 2 heteroatoms. The highest BCUT2D eigenvalue weighted by molar-refractivity contribution is 5.83. The van der Waals surface area contributed by atoms with Crippen molar-refractivity contribution in [2.24, 2.45) is 5.73 Å². The number of fused-ring (bicyclic) bond motifs is 1. The Bertz CT molecular complexity index is 467. The molecule has 0 bridgehead atoms. The lowest BCUT2D eigenvalue weighted by Crippen LogP contribution is -2.26. The van der Waals surface area contributed by atoms with Crippen molar-refractivity contribution < 1.29 is 4.74 Å². The van der Waals surface area contributed by atoms with Crippen molar-refractivity contribution in [2.45, 2.75) is 19.4 Å². The molecule has 1 unspecified atom stereocenters. The first kappa shape index (κ1) is 11.0. The van der Waals surface area contributed by atoms with Gasteiger partial charge in [0, 0.05) is 6.04 Å². The summed E-state index contributed by atoms with van der Waals surface area (Å²) in [5.41, 5.74) is 5.81. The van der Waals surface area contributed by atoms with Crippen LogP contribution >= 0.6 is 0 Å². The van der Waals surface area contributed by atoms with E-state index in [4.69, 9.17) is 10.5 Å². The van der Waals surface area contributed by atoms with Crippen LogP contribution in [-0.4, -0.2) is 12.6 Å². The molecule has 2 aromatic carbocycles. The molecule has 0 heterocycles. The van der Waals surface area contributed by atoms with Crippen LogP contribution in [0.15, 0.2) is 42.5 Å². The van der Waals surface area contributed by atoms with E-state index in [0.29, 0.717) is 6.61 Å². The number of hydrogen-bond donors (Lipinski definition) is 1. The van der Waals surface area contributed by atoms with Crippen molar-refractivity contribution in [3.05, 3.63) is 42.5 Å². The van der Waals surface area contributed by atoms with Gasteiger partial charge in [0.1, 0.15) is 12.4 Å². The van der Waals surface area contributed by atoms with E-state index in [9.17, 15) is 0 Å². The van der Waals surface area contributed by atoms with Gasteiger partial charge in [-0.3, -0.25) is 0 Å². The van der Waals surface area contributed by atoms with Crippen molar-refractivity contribution in [1.29, 1.82) is 0 Å². The molecular weight excluding hydrogens is 198 g/mol. The Hall–Kier alpha value is -1.54. The van der Waals surface area contributed by atoms with Crippen LogP contribution < -0.4 is 10.5 Å². The van der Waals surface area contributed by atoms with Crippen molar-refractivity contribution in [2.75, 3.05) is 6.61 Å². The number of benzene rings is 2. The second-order valence-electron chi connectivity index (χ2n) is 3.99. The molecule has 0 aliphatic rings. The quantitative estimate of drug-likeness (QED) is 0.851. The summed E-state index contributed by atoms with van der Waals surface area (Å²) < 4.78 is 5.64. The van der Waals surface area contributed by atoms with Crippen molar-refractivity contribution >= 4 is 10.8 Å². The molecule has 0 radical (unpaired) electrons. The predicted octanol–water partition coefficient (Wildman–Crippen LogP) is 2.96. The molecule has 16 heavy (non-hydrogen) atoms. The normalized spacial score (nSPS) is 12.6. The van der Waals surface area contributed by atoms with E-state index in [1.807, 2.05) is 18.2 Å². The van der Waals surface area contributed by atoms with E-state index in [0.717, 1.165) is 12.2 Å². The average molecular weight is 215 g/mol. The smallest absolute Gasteiger partial charge is 0.120 e. The van der Waals surface area contributed by atoms with Crippen molar-refractivity contribution in [3.8, 4) is 5.75 Å². The van der Waals surface area contributed by atoms with E-state index in [1.165, 1.54) is 10.8 Å². The zero-order valence-corrected chi connectivity index (χ0v) is 9.52. The van der Waals surface area contributed by atoms with Crippen LogP contribution in [0.2, 0.25) is 0 Å². The van der Waals surface area contributed by atoms with E-state index >= 15 is 0 Å². The van der Waals surface area contributed by atoms with E-state index in [1.54, 1.807) is 0 Å². The maximum absolute atomic E-state index is 5.81. The predicted molar refractivity (Wildman–Crippen MR) is 67.7 cm³/mol. The Balaban J connectivity index is 2.13. The van der Waals surface area contributed by atoms with Crippen LogP contribution in [0.1, 0.15) is 13.3 Å². The highest BCUT2D eigenvalue weighted by atomic mass is 16.5. The van der Waals surface area contributed by atoms with Crippen LogP contribution in [-0.2, 0) is 0 Å². The Morgan fingerprint density at radius 2 is 1.88 bits per heavy atom. The Kier molecular flexibility index (Phi) is 3.42. The lowest BCUT2D eigenvalue weighted by atomic mass is 10.1. The van der Waals surface area contributed by atoms with Crippen molar-refractivity contribution in [3.63, 3.8) is 0 Å². The minimum absolute atomic E-state index is 0.117. The summed E-state index contributed by atoms with van der Waals surface area (Å²) in [6.07, 6.45) is 0.938. The highest BCUT2D eigenvalue weighted by Crippen LogP contribution is 2.20. The monoisotopic (exact) mass is 215 g/mol. The van der Waals surface area contributed by atoms with E-state index in [2.05, 4.69) is 31.2 Å². The highest BCUT2D eigenvalue weighted by Gasteiger charge is 2.01. The van der Waals surface area contributed by atoms with Crippen molar-refractivity contribution in [1.82, 2.24) is 0 Å². The minimum atomic E-state index is 0.117. The van der Waals surface area contributed by atoms with Gasteiger partial charge in [0.05, 0.1) is 0 Å². The van der Waals surface area contributed by atoms with Gasteiger partial charge in [-0.05, 0) is 29.3 Å². The van der Waals surface area contributed by atoms with Gasteiger partial charge in [-0.1, -0.05) is 37.3 Å². The summed E-state index contributed by atoms with van der Waals surface area (Å²) in [6.45, 7) is 2.64.